The number of aromatic nitrogens is 3. The van der Waals surface area contributed by atoms with Crippen molar-refractivity contribution in [2.45, 2.75) is 19.6 Å². The Morgan fingerprint density at radius 3 is 2.95 bits per heavy atom. The molecule has 2 rings (SSSR count). The van der Waals surface area contributed by atoms with Crippen molar-refractivity contribution in [3.8, 4) is 0 Å². The summed E-state index contributed by atoms with van der Waals surface area (Å²) in [6, 6.07) is 0. The van der Waals surface area contributed by atoms with Gasteiger partial charge in [0.2, 0.25) is 10.0 Å². The zero-order chi connectivity index (χ0) is 15.8. The van der Waals surface area contributed by atoms with Gasteiger partial charge in [-0.2, -0.15) is 0 Å². The third kappa shape index (κ3) is 6.15. The lowest BCUT2D eigenvalue weighted by Crippen LogP contribution is -2.22. The molecule has 1 aliphatic rings. The SMILES string of the molecule is CNS(=O)(=O)CCCn1cc(CON=C2CSCSC2)nn1. The molecule has 1 fully saturated rings. The molecule has 22 heavy (non-hydrogen) atoms. The Labute approximate surface area is 138 Å². The lowest BCUT2D eigenvalue weighted by atomic mass is 10.4. The van der Waals surface area contributed by atoms with E-state index in [-0.39, 0.29) is 12.4 Å². The number of oxime groups is 1. The third-order valence-corrected chi connectivity index (χ3v) is 6.66. The van der Waals surface area contributed by atoms with Crippen LogP contribution in [0.2, 0.25) is 0 Å². The van der Waals surface area contributed by atoms with Crippen molar-refractivity contribution in [3.05, 3.63) is 11.9 Å². The summed E-state index contributed by atoms with van der Waals surface area (Å²) in [4.78, 5) is 5.29. The van der Waals surface area contributed by atoms with Crippen LogP contribution in [-0.4, -0.2) is 58.5 Å². The molecule has 1 aromatic heterocycles. The molecule has 1 saturated heterocycles. The Balaban J connectivity index is 1.72. The number of aryl methyl sites for hydroxylation is 1. The van der Waals surface area contributed by atoms with Gasteiger partial charge in [0.15, 0.2) is 6.61 Å². The first-order valence-electron chi connectivity index (χ1n) is 6.72. The molecule has 1 aliphatic heterocycles. The monoisotopic (exact) mass is 365 g/mol. The molecule has 0 spiro atoms. The molecular weight excluding hydrogens is 346 g/mol. The molecule has 124 valence electrons. The van der Waals surface area contributed by atoms with Crippen molar-refractivity contribution in [2.24, 2.45) is 5.16 Å². The van der Waals surface area contributed by atoms with Crippen LogP contribution < -0.4 is 4.72 Å². The van der Waals surface area contributed by atoms with Crippen LogP contribution in [0.25, 0.3) is 0 Å². The van der Waals surface area contributed by atoms with Gasteiger partial charge >= 0.3 is 0 Å². The summed E-state index contributed by atoms with van der Waals surface area (Å²) in [6.45, 7) is 0.767. The van der Waals surface area contributed by atoms with Crippen LogP contribution >= 0.6 is 23.5 Å². The van der Waals surface area contributed by atoms with Crippen molar-refractivity contribution in [2.75, 3.05) is 29.4 Å². The Bertz CT molecular complexity index is 594. The number of thioether (sulfide) groups is 2. The molecule has 0 unspecified atom stereocenters. The van der Waals surface area contributed by atoms with Crippen LogP contribution in [0.4, 0.5) is 0 Å². The van der Waals surface area contributed by atoms with Crippen LogP contribution in [0, 0.1) is 0 Å². The van der Waals surface area contributed by atoms with E-state index in [9.17, 15) is 8.42 Å². The van der Waals surface area contributed by atoms with Gasteiger partial charge < -0.3 is 4.84 Å². The maximum atomic E-state index is 11.3. The summed E-state index contributed by atoms with van der Waals surface area (Å²) in [5.41, 5.74) is 1.72. The molecule has 1 aromatic rings. The summed E-state index contributed by atoms with van der Waals surface area (Å²) in [5.74, 6) is 1.90. The van der Waals surface area contributed by atoms with Crippen molar-refractivity contribution in [1.29, 1.82) is 0 Å². The third-order valence-electron chi connectivity index (χ3n) is 2.81. The van der Waals surface area contributed by atoms with Gasteiger partial charge in [-0.05, 0) is 13.5 Å². The van der Waals surface area contributed by atoms with Gasteiger partial charge in [0.1, 0.15) is 5.69 Å². The molecular formula is C11H19N5O3S3. The minimum atomic E-state index is -3.17. The minimum Gasteiger partial charge on any atom is -0.389 e. The zero-order valence-electron chi connectivity index (χ0n) is 12.3. The Hall–Kier alpha value is -0.780. The van der Waals surface area contributed by atoms with E-state index < -0.39 is 10.0 Å². The highest BCUT2D eigenvalue weighted by molar-refractivity contribution is 8.17. The maximum absolute atomic E-state index is 11.3. The molecule has 2 heterocycles. The van der Waals surface area contributed by atoms with Crippen molar-refractivity contribution in [3.63, 3.8) is 0 Å². The molecule has 0 bridgehead atoms. The number of nitrogens with one attached hydrogen (secondary N) is 1. The van der Waals surface area contributed by atoms with E-state index in [2.05, 4.69) is 20.2 Å². The van der Waals surface area contributed by atoms with Crippen LogP contribution in [0.5, 0.6) is 0 Å². The number of hydrogen-bond acceptors (Lipinski definition) is 8. The lowest BCUT2D eigenvalue weighted by Gasteiger charge is -2.10. The fourth-order valence-electron chi connectivity index (χ4n) is 1.69. The minimum absolute atomic E-state index is 0.0676. The standard InChI is InChI=1S/C11H19N5O3S3/c1-12-22(17,18)4-2-3-16-5-10(13-15-16)6-19-14-11-7-20-9-21-8-11/h5,12H,2-4,6-9H2,1H3. The quantitative estimate of drug-likeness (QED) is 0.671. The molecule has 0 radical (unpaired) electrons. The molecule has 8 nitrogen and oxygen atoms in total. The topological polar surface area (TPSA) is 98.5 Å². The van der Waals surface area contributed by atoms with Gasteiger partial charge in [-0.15, -0.1) is 28.6 Å². The smallest absolute Gasteiger partial charge is 0.211 e. The number of nitrogens with zero attached hydrogens (tertiary/aromatic N) is 4. The highest BCUT2D eigenvalue weighted by Gasteiger charge is 2.09. The van der Waals surface area contributed by atoms with E-state index in [0.29, 0.717) is 18.7 Å². The van der Waals surface area contributed by atoms with Crippen molar-refractivity contribution >= 4 is 39.3 Å². The van der Waals surface area contributed by atoms with E-state index >= 15 is 0 Å². The Morgan fingerprint density at radius 1 is 1.45 bits per heavy atom. The second kappa shape index (κ2) is 8.75. The normalized spacial score (nSPS) is 15.8. The molecule has 0 aliphatic carbocycles. The molecule has 11 heteroatoms. The van der Waals surface area contributed by atoms with E-state index in [1.54, 1.807) is 10.9 Å². The molecule has 0 atom stereocenters. The van der Waals surface area contributed by atoms with Crippen molar-refractivity contribution < 1.29 is 13.3 Å². The average molecular weight is 366 g/mol. The number of hydrogen-bond donors (Lipinski definition) is 1. The van der Waals surface area contributed by atoms with E-state index in [0.717, 1.165) is 22.3 Å². The first kappa shape index (κ1) is 17.6. The van der Waals surface area contributed by atoms with Gasteiger partial charge in [0.05, 0.1) is 17.7 Å². The Kier molecular flexibility index (Phi) is 6.99. The average Bonchev–Trinajstić information content (AvgIpc) is 2.96. The molecule has 0 aromatic carbocycles. The second-order valence-electron chi connectivity index (χ2n) is 4.60. The first-order valence-corrected chi connectivity index (χ1v) is 10.7. The fraction of sp³-hybridized carbons (Fsp3) is 0.727. The Morgan fingerprint density at radius 2 is 2.23 bits per heavy atom. The second-order valence-corrected chi connectivity index (χ2v) is 8.98. The maximum Gasteiger partial charge on any atom is 0.211 e. The van der Waals surface area contributed by atoms with Gasteiger partial charge in [-0.3, -0.25) is 4.68 Å². The largest absolute Gasteiger partial charge is 0.389 e. The first-order chi connectivity index (χ1) is 10.6. The number of sulfonamides is 1. The van der Waals surface area contributed by atoms with E-state index in [4.69, 9.17) is 4.84 Å². The summed E-state index contributed by atoms with van der Waals surface area (Å²) in [5, 5.41) is 13.1. The molecule has 0 saturated carbocycles. The zero-order valence-corrected chi connectivity index (χ0v) is 14.7. The van der Waals surface area contributed by atoms with Crippen LogP contribution in [0.15, 0.2) is 11.4 Å². The van der Waals surface area contributed by atoms with Gasteiger partial charge in [-0.25, -0.2) is 13.1 Å². The van der Waals surface area contributed by atoms with E-state index in [1.165, 1.54) is 7.05 Å². The highest BCUT2D eigenvalue weighted by atomic mass is 32.2. The van der Waals surface area contributed by atoms with Crippen LogP contribution in [0.3, 0.4) is 0 Å². The predicted molar refractivity (Wildman–Crippen MR) is 89.5 cm³/mol. The molecule has 1 N–H and O–H groups in total. The van der Waals surface area contributed by atoms with Crippen molar-refractivity contribution in [1.82, 2.24) is 19.7 Å². The van der Waals surface area contributed by atoms with E-state index in [1.807, 2.05) is 23.5 Å². The summed E-state index contributed by atoms with van der Waals surface area (Å²) in [6.07, 6.45) is 2.22. The number of rotatable bonds is 8. The predicted octanol–water partition coefficient (Wildman–Crippen LogP) is 0.527. The summed E-state index contributed by atoms with van der Waals surface area (Å²) >= 11 is 3.66. The van der Waals surface area contributed by atoms with Crippen LogP contribution in [0.1, 0.15) is 12.1 Å². The fourth-order valence-corrected chi connectivity index (χ4v) is 4.46. The highest BCUT2D eigenvalue weighted by Crippen LogP contribution is 2.19. The van der Waals surface area contributed by atoms with Gasteiger partial charge in [-0.1, -0.05) is 10.4 Å². The van der Waals surface area contributed by atoms with Gasteiger partial charge in [0, 0.05) is 23.1 Å². The van der Waals surface area contributed by atoms with Gasteiger partial charge in [0.25, 0.3) is 0 Å². The molecule has 0 amide bonds. The lowest BCUT2D eigenvalue weighted by molar-refractivity contribution is 0.127. The summed E-state index contributed by atoms with van der Waals surface area (Å²) in [7, 11) is -1.76. The van der Waals surface area contributed by atoms with Crippen LogP contribution in [-0.2, 0) is 28.0 Å². The summed E-state index contributed by atoms with van der Waals surface area (Å²) < 4.78 is 26.5.